The smallest absolute Gasteiger partial charge is 0.0167 e. The van der Waals surface area contributed by atoms with Gasteiger partial charge in [-0.1, -0.05) is 66.4 Å². The van der Waals surface area contributed by atoms with Crippen LogP contribution >= 0.6 is 11.8 Å². The zero-order chi connectivity index (χ0) is 12.6. The van der Waals surface area contributed by atoms with Gasteiger partial charge < -0.3 is 5.32 Å². The second-order valence-electron chi connectivity index (χ2n) is 3.91. The molecule has 0 radical (unpaired) electrons. The van der Waals surface area contributed by atoms with Crippen LogP contribution in [0.3, 0.4) is 0 Å². The molecule has 0 aliphatic heterocycles. The highest BCUT2D eigenvalue weighted by atomic mass is 32.2. The van der Waals surface area contributed by atoms with Crippen LogP contribution in [0.2, 0.25) is 0 Å². The van der Waals surface area contributed by atoms with Crippen LogP contribution in [0.25, 0.3) is 4.91 Å². The minimum Gasteiger partial charge on any atom is -0.316 e. The minimum atomic E-state index is 0.879. The average molecular weight is 255 g/mol. The van der Waals surface area contributed by atoms with Gasteiger partial charge in [0.05, 0.1) is 0 Å². The number of nitrogens with one attached hydrogen (secondary N) is 1. The van der Waals surface area contributed by atoms with Gasteiger partial charge in [-0.3, -0.25) is 0 Å². The highest BCUT2D eigenvalue weighted by Gasteiger charge is 2.02. The minimum absolute atomic E-state index is 0.879. The molecule has 2 rings (SSSR count). The van der Waals surface area contributed by atoms with Crippen LogP contribution in [0.1, 0.15) is 5.56 Å². The highest BCUT2D eigenvalue weighted by molar-refractivity contribution is 8.08. The van der Waals surface area contributed by atoms with Crippen molar-refractivity contribution < 1.29 is 0 Å². The van der Waals surface area contributed by atoms with Crippen molar-refractivity contribution >= 4 is 16.7 Å². The van der Waals surface area contributed by atoms with E-state index in [9.17, 15) is 0 Å². The maximum Gasteiger partial charge on any atom is 0.0167 e. The van der Waals surface area contributed by atoms with Gasteiger partial charge in [-0.15, -0.1) is 0 Å². The first-order chi connectivity index (χ1) is 8.90. The van der Waals surface area contributed by atoms with Gasteiger partial charge in [-0.05, 0) is 24.7 Å². The fourth-order valence-corrected chi connectivity index (χ4v) is 2.60. The summed E-state index contributed by atoms with van der Waals surface area (Å²) in [5.41, 5.74) is 1.27. The van der Waals surface area contributed by atoms with Crippen LogP contribution in [-0.4, -0.2) is 13.6 Å². The van der Waals surface area contributed by atoms with Gasteiger partial charge in [0, 0.05) is 16.3 Å². The molecule has 0 saturated heterocycles. The summed E-state index contributed by atoms with van der Waals surface area (Å²) in [5.74, 6) is 0. The molecule has 0 atom stereocenters. The number of hydrogen-bond acceptors (Lipinski definition) is 2. The maximum atomic E-state index is 3.16. The molecule has 0 heterocycles. The first-order valence-electron chi connectivity index (χ1n) is 6.03. The SMILES string of the molecule is CNC/C=C(\Sc1ccccc1)c1ccccc1. The van der Waals surface area contributed by atoms with Crippen molar-refractivity contribution in [2.75, 3.05) is 13.6 Å². The summed E-state index contributed by atoms with van der Waals surface area (Å²) < 4.78 is 0. The molecular formula is C16H17NS. The number of benzene rings is 2. The lowest BCUT2D eigenvalue weighted by Crippen LogP contribution is -2.04. The normalized spacial score (nSPS) is 11.5. The van der Waals surface area contributed by atoms with E-state index in [1.807, 2.05) is 19.2 Å². The predicted octanol–water partition coefficient (Wildman–Crippen LogP) is 4.04. The molecule has 0 aliphatic carbocycles. The second kappa shape index (κ2) is 7.04. The van der Waals surface area contributed by atoms with Crippen LogP contribution in [0.4, 0.5) is 0 Å². The fourth-order valence-electron chi connectivity index (χ4n) is 1.63. The highest BCUT2D eigenvalue weighted by Crippen LogP contribution is 2.33. The summed E-state index contributed by atoms with van der Waals surface area (Å²) in [6.45, 7) is 0.879. The Hall–Kier alpha value is -1.51. The van der Waals surface area contributed by atoms with Crippen molar-refractivity contribution in [3.8, 4) is 0 Å². The molecule has 2 aromatic carbocycles. The zero-order valence-electron chi connectivity index (χ0n) is 10.5. The molecule has 0 unspecified atom stereocenters. The Labute approximate surface area is 113 Å². The lowest BCUT2D eigenvalue weighted by Gasteiger charge is -2.08. The molecule has 92 valence electrons. The van der Waals surface area contributed by atoms with Gasteiger partial charge in [-0.2, -0.15) is 0 Å². The monoisotopic (exact) mass is 255 g/mol. The molecule has 0 fully saturated rings. The van der Waals surface area contributed by atoms with Gasteiger partial charge in [-0.25, -0.2) is 0 Å². The molecule has 0 amide bonds. The number of likely N-dealkylation sites (N-methyl/N-ethyl adjacent to an activating group) is 1. The molecule has 0 aliphatic rings. The van der Waals surface area contributed by atoms with Gasteiger partial charge in [0.15, 0.2) is 0 Å². The topological polar surface area (TPSA) is 12.0 Å². The van der Waals surface area contributed by atoms with Crippen molar-refractivity contribution in [1.82, 2.24) is 5.32 Å². The average Bonchev–Trinajstić information content (AvgIpc) is 2.45. The fraction of sp³-hybridized carbons (Fsp3) is 0.125. The van der Waals surface area contributed by atoms with E-state index < -0.39 is 0 Å². The molecule has 0 aromatic heterocycles. The van der Waals surface area contributed by atoms with Crippen molar-refractivity contribution in [2.24, 2.45) is 0 Å². The van der Waals surface area contributed by atoms with Crippen LogP contribution in [-0.2, 0) is 0 Å². The Bertz CT molecular complexity index is 491. The third kappa shape index (κ3) is 3.76. The Balaban J connectivity index is 2.22. The van der Waals surface area contributed by atoms with E-state index in [-0.39, 0.29) is 0 Å². The summed E-state index contributed by atoms with van der Waals surface area (Å²) in [7, 11) is 1.96. The molecule has 1 nitrogen and oxygen atoms in total. The molecule has 0 saturated carbocycles. The first-order valence-corrected chi connectivity index (χ1v) is 6.85. The van der Waals surface area contributed by atoms with E-state index in [1.165, 1.54) is 15.4 Å². The third-order valence-corrected chi connectivity index (χ3v) is 3.65. The molecule has 2 aromatic rings. The summed E-state index contributed by atoms with van der Waals surface area (Å²) in [6.07, 6.45) is 2.23. The van der Waals surface area contributed by atoms with E-state index in [1.54, 1.807) is 11.8 Å². The zero-order valence-corrected chi connectivity index (χ0v) is 11.3. The van der Waals surface area contributed by atoms with Crippen LogP contribution in [0, 0.1) is 0 Å². The van der Waals surface area contributed by atoms with E-state index in [4.69, 9.17) is 0 Å². The second-order valence-corrected chi connectivity index (χ2v) is 5.02. The van der Waals surface area contributed by atoms with Gasteiger partial charge in [0.25, 0.3) is 0 Å². The van der Waals surface area contributed by atoms with Crippen LogP contribution in [0.5, 0.6) is 0 Å². The van der Waals surface area contributed by atoms with Crippen LogP contribution < -0.4 is 5.32 Å². The quantitative estimate of drug-likeness (QED) is 0.809. The van der Waals surface area contributed by atoms with Crippen molar-refractivity contribution in [1.29, 1.82) is 0 Å². The third-order valence-electron chi connectivity index (χ3n) is 2.52. The van der Waals surface area contributed by atoms with Crippen molar-refractivity contribution in [3.05, 3.63) is 72.3 Å². The lowest BCUT2D eigenvalue weighted by molar-refractivity contribution is 0.922. The predicted molar refractivity (Wildman–Crippen MR) is 80.6 cm³/mol. The number of hydrogen-bond donors (Lipinski definition) is 1. The Kier molecular flexibility index (Phi) is 5.06. The Morgan fingerprint density at radius 3 is 2.22 bits per heavy atom. The van der Waals surface area contributed by atoms with E-state index in [2.05, 4.69) is 59.9 Å². The van der Waals surface area contributed by atoms with Crippen molar-refractivity contribution in [3.63, 3.8) is 0 Å². The summed E-state index contributed by atoms with van der Waals surface area (Å²) >= 11 is 1.80. The summed E-state index contributed by atoms with van der Waals surface area (Å²) in [6, 6.07) is 21.0. The van der Waals surface area contributed by atoms with Gasteiger partial charge in [0.1, 0.15) is 0 Å². The molecule has 18 heavy (non-hydrogen) atoms. The lowest BCUT2D eigenvalue weighted by atomic mass is 10.2. The summed E-state index contributed by atoms with van der Waals surface area (Å²) in [4.78, 5) is 2.56. The number of rotatable bonds is 5. The standard InChI is InChI=1S/C16H17NS/c1-17-13-12-16(14-8-4-2-5-9-14)18-15-10-6-3-7-11-15/h2-12,17H,13H2,1H3/b16-12-. The van der Waals surface area contributed by atoms with E-state index >= 15 is 0 Å². The van der Waals surface area contributed by atoms with Crippen molar-refractivity contribution in [2.45, 2.75) is 4.90 Å². The summed E-state index contributed by atoms with van der Waals surface area (Å²) in [5, 5.41) is 3.16. The molecular weight excluding hydrogens is 238 g/mol. The molecule has 2 heteroatoms. The Morgan fingerprint density at radius 2 is 1.61 bits per heavy atom. The molecule has 0 bridgehead atoms. The van der Waals surface area contributed by atoms with Crippen LogP contribution in [0.15, 0.2) is 71.6 Å². The van der Waals surface area contributed by atoms with E-state index in [0.29, 0.717) is 0 Å². The first kappa shape index (κ1) is 12.9. The largest absolute Gasteiger partial charge is 0.316 e. The molecule has 0 spiro atoms. The number of thioether (sulfide) groups is 1. The van der Waals surface area contributed by atoms with Gasteiger partial charge in [0.2, 0.25) is 0 Å². The Morgan fingerprint density at radius 1 is 1.00 bits per heavy atom. The molecule has 1 N–H and O–H groups in total. The van der Waals surface area contributed by atoms with Gasteiger partial charge >= 0.3 is 0 Å². The maximum absolute atomic E-state index is 3.16. The van der Waals surface area contributed by atoms with E-state index in [0.717, 1.165) is 6.54 Å².